The zero-order chi connectivity index (χ0) is 30.3. The van der Waals surface area contributed by atoms with Gasteiger partial charge in [-0.05, 0) is 72.3 Å². The van der Waals surface area contributed by atoms with E-state index in [0.717, 1.165) is 36.6 Å². The van der Waals surface area contributed by atoms with E-state index < -0.39 is 43.5 Å². The molecule has 1 unspecified atom stereocenters. The highest BCUT2D eigenvalue weighted by molar-refractivity contribution is 7.89. The van der Waals surface area contributed by atoms with Gasteiger partial charge in [0.15, 0.2) is 5.82 Å². The van der Waals surface area contributed by atoms with E-state index in [0.29, 0.717) is 29.9 Å². The number of aliphatic carboxylic acids is 1. The van der Waals surface area contributed by atoms with Crippen molar-refractivity contribution in [3.8, 4) is 11.1 Å². The van der Waals surface area contributed by atoms with Crippen molar-refractivity contribution in [2.45, 2.75) is 64.5 Å². The summed E-state index contributed by atoms with van der Waals surface area (Å²) in [6.45, 7) is 3.89. The van der Waals surface area contributed by atoms with Gasteiger partial charge in [-0.25, -0.2) is 13.1 Å². The Balaban J connectivity index is 1.26. The van der Waals surface area contributed by atoms with Gasteiger partial charge in [-0.1, -0.05) is 50.2 Å². The van der Waals surface area contributed by atoms with Crippen LogP contribution in [0.15, 0.2) is 60.6 Å². The number of nitrogens with zero attached hydrogens (tertiary/aromatic N) is 1. The van der Waals surface area contributed by atoms with Crippen molar-refractivity contribution < 1.29 is 28.0 Å². The number of hydrogen-bond donors (Lipinski definition) is 4. The molecule has 0 aliphatic heterocycles. The fourth-order valence-corrected chi connectivity index (χ4v) is 8.56. The van der Waals surface area contributed by atoms with Crippen LogP contribution in [0.5, 0.6) is 0 Å². The zero-order valence-corrected chi connectivity index (χ0v) is 24.4. The molecule has 0 saturated heterocycles. The van der Waals surface area contributed by atoms with E-state index in [9.17, 15) is 33.2 Å². The lowest BCUT2D eigenvalue weighted by molar-refractivity contribution is -0.403. The summed E-state index contributed by atoms with van der Waals surface area (Å²) in [6, 6.07) is 13.3. The fourth-order valence-electron chi connectivity index (χ4n) is 6.53. The van der Waals surface area contributed by atoms with Gasteiger partial charge in [-0.15, -0.1) is 0 Å². The Morgan fingerprint density at radius 1 is 1.14 bits per heavy atom. The lowest BCUT2D eigenvalue weighted by Gasteiger charge is -2.36. The van der Waals surface area contributed by atoms with Crippen LogP contribution < -0.4 is 15.4 Å². The van der Waals surface area contributed by atoms with Crippen molar-refractivity contribution in [2.75, 3.05) is 11.1 Å². The van der Waals surface area contributed by atoms with E-state index >= 15 is 0 Å². The monoisotopic (exact) mass is 596 g/mol. The van der Waals surface area contributed by atoms with E-state index in [4.69, 9.17) is 0 Å². The molecule has 3 aliphatic carbocycles. The summed E-state index contributed by atoms with van der Waals surface area (Å²) in [7, 11) is -4.07. The first-order valence-corrected chi connectivity index (χ1v) is 15.8. The van der Waals surface area contributed by atoms with Crippen molar-refractivity contribution in [3.63, 3.8) is 0 Å². The van der Waals surface area contributed by atoms with Crippen molar-refractivity contribution >= 4 is 27.5 Å². The lowest BCUT2D eigenvalue weighted by atomic mass is 9.70. The first-order valence-electron chi connectivity index (χ1n) is 14.1. The van der Waals surface area contributed by atoms with Gasteiger partial charge in [-0.3, -0.25) is 19.7 Å². The molecule has 0 heterocycles. The number of carboxylic acids is 1. The highest BCUT2D eigenvalue weighted by Crippen LogP contribution is 2.64. The van der Waals surface area contributed by atoms with Crippen LogP contribution >= 0.6 is 0 Å². The molecule has 12 heteroatoms. The molecular weight excluding hydrogens is 560 g/mol. The molecule has 4 N–H and O–H groups in total. The number of nitro groups is 1. The van der Waals surface area contributed by atoms with Gasteiger partial charge in [0.25, 0.3) is 6.20 Å². The van der Waals surface area contributed by atoms with Crippen LogP contribution in [0.1, 0.15) is 51.5 Å². The number of carbonyl (C=O) groups excluding carboxylic acids is 1. The molecule has 2 aromatic carbocycles. The number of rotatable bonds is 13. The lowest BCUT2D eigenvalue weighted by Crippen LogP contribution is -2.49. The van der Waals surface area contributed by atoms with E-state index in [1.54, 1.807) is 18.2 Å². The van der Waals surface area contributed by atoms with Crippen LogP contribution in [0.4, 0.5) is 5.69 Å². The number of benzene rings is 2. The number of nitrogens with one attached hydrogen (secondary N) is 3. The van der Waals surface area contributed by atoms with Crippen molar-refractivity contribution in [2.24, 2.45) is 16.7 Å². The summed E-state index contributed by atoms with van der Waals surface area (Å²) < 4.78 is 28.8. The highest BCUT2D eigenvalue weighted by atomic mass is 32.2. The van der Waals surface area contributed by atoms with Gasteiger partial charge >= 0.3 is 5.97 Å². The number of Topliss-reactive ketones (excluding diaryl/α,β-unsaturated/α-hetero) is 1. The first kappa shape index (κ1) is 29.7. The number of carbonyl (C=O) groups is 2. The maximum atomic E-state index is 13.2. The number of fused-ring (bicyclic) bond motifs is 2. The van der Waals surface area contributed by atoms with Crippen LogP contribution in [-0.2, 0) is 26.0 Å². The van der Waals surface area contributed by atoms with Crippen molar-refractivity contribution in [3.05, 3.63) is 76.2 Å². The molecule has 224 valence electrons. The molecule has 11 nitrogen and oxygen atoms in total. The first-order chi connectivity index (χ1) is 19.8. The molecule has 3 saturated carbocycles. The third kappa shape index (κ3) is 6.19. The standard InChI is InChI=1S/C30H36N4O7S/c1-29(2)22-12-13-30(29,26(35)16-22)18-42(40,41)33-25(28(36)37)14-19-6-8-20(9-7-19)21-4-3-5-24(15-21)32-27(17-34(38)39)31-23-10-11-23/h3-9,15,17,22-23,25,31-33H,10-14,16,18H2,1-2H3,(H,36,37)/b27-17+/t22-,25-,30?/m0/s1. The zero-order valence-electron chi connectivity index (χ0n) is 23.6. The summed E-state index contributed by atoms with van der Waals surface area (Å²) in [6.07, 6.45) is 4.46. The Labute approximate surface area is 245 Å². The molecule has 3 atom stereocenters. The Hall–Kier alpha value is -3.77. The van der Waals surface area contributed by atoms with Gasteiger partial charge < -0.3 is 15.7 Å². The summed E-state index contributed by atoms with van der Waals surface area (Å²) in [5.41, 5.74) is 1.54. The predicted octanol–water partition coefficient (Wildman–Crippen LogP) is 3.90. The van der Waals surface area contributed by atoms with Crippen LogP contribution in [0.25, 0.3) is 11.1 Å². The largest absolute Gasteiger partial charge is 0.480 e. The Kier molecular flexibility index (Phi) is 7.88. The molecule has 5 rings (SSSR count). The van der Waals surface area contributed by atoms with E-state index in [1.807, 2.05) is 44.2 Å². The van der Waals surface area contributed by atoms with E-state index in [2.05, 4.69) is 15.4 Å². The minimum atomic E-state index is -4.07. The molecule has 0 spiro atoms. The predicted molar refractivity (Wildman–Crippen MR) is 157 cm³/mol. The second-order valence-corrected chi connectivity index (χ2v) is 14.0. The smallest absolute Gasteiger partial charge is 0.322 e. The molecule has 3 aliphatic rings. The maximum absolute atomic E-state index is 13.2. The van der Waals surface area contributed by atoms with Crippen LogP contribution in [0.3, 0.4) is 0 Å². The Morgan fingerprint density at radius 2 is 1.86 bits per heavy atom. The van der Waals surface area contributed by atoms with Crippen molar-refractivity contribution in [1.82, 2.24) is 10.0 Å². The maximum Gasteiger partial charge on any atom is 0.322 e. The summed E-state index contributed by atoms with van der Waals surface area (Å²) in [4.78, 5) is 35.4. The van der Waals surface area contributed by atoms with Gasteiger partial charge in [0.05, 0.1) is 10.7 Å². The fraction of sp³-hybridized carbons (Fsp3) is 0.467. The summed E-state index contributed by atoms with van der Waals surface area (Å²) in [5, 5.41) is 27.0. The molecule has 2 bridgehead atoms. The summed E-state index contributed by atoms with van der Waals surface area (Å²) >= 11 is 0. The van der Waals surface area contributed by atoms with Gasteiger partial charge in [0, 0.05) is 23.6 Å². The molecule has 0 aromatic heterocycles. The number of anilines is 1. The van der Waals surface area contributed by atoms with Gasteiger partial charge in [0.1, 0.15) is 11.8 Å². The van der Waals surface area contributed by atoms with Crippen LogP contribution in [-0.4, -0.2) is 48.0 Å². The minimum Gasteiger partial charge on any atom is -0.480 e. The minimum absolute atomic E-state index is 0.0416. The molecule has 42 heavy (non-hydrogen) atoms. The normalized spacial score (nSPS) is 23.9. The Bertz CT molecular complexity index is 1530. The summed E-state index contributed by atoms with van der Waals surface area (Å²) in [5.74, 6) is -1.27. The molecule has 2 aromatic rings. The second-order valence-electron chi connectivity index (χ2n) is 12.3. The number of carboxylic acid groups (broad SMARTS) is 1. The third-order valence-corrected chi connectivity index (χ3v) is 10.8. The third-order valence-electron chi connectivity index (χ3n) is 9.24. The van der Waals surface area contributed by atoms with Crippen LogP contribution in [0.2, 0.25) is 0 Å². The van der Waals surface area contributed by atoms with E-state index in [-0.39, 0.29) is 24.2 Å². The van der Waals surface area contributed by atoms with Crippen molar-refractivity contribution in [1.29, 1.82) is 0 Å². The quantitative estimate of drug-likeness (QED) is 0.198. The molecular formula is C30H36N4O7S. The Morgan fingerprint density at radius 3 is 2.43 bits per heavy atom. The highest BCUT2D eigenvalue weighted by Gasteiger charge is 2.65. The second kappa shape index (κ2) is 11.1. The van der Waals surface area contributed by atoms with Crippen LogP contribution in [0, 0.1) is 26.9 Å². The topological polar surface area (TPSA) is 168 Å². The van der Waals surface area contributed by atoms with Gasteiger partial charge in [0.2, 0.25) is 10.0 Å². The molecule has 0 radical (unpaired) electrons. The molecule has 0 amide bonds. The average molecular weight is 597 g/mol. The number of sulfonamides is 1. The number of ketones is 1. The molecule has 3 fully saturated rings. The van der Waals surface area contributed by atoms with E-state index in [1.165, 1.54) is 0 Å². The SMILES string of the molecule is CC1(C)[C@H]2CCC1(CS(=O)(=O)N[C@@H](Cc1ccc(-c3cccc(N/C(=C/[N+](=O)[O-])NC4CC4)c3)cc1)C(=O)O)C(=O)C2. The average Bonchev–Trinajstić information content (AvgIpc) is 3.66. The number of hydrogen-bond acceptors (Lipinski definition) is 8. The van der Waals surface area contributed by atoms with Gasteiger partial charge in [-0.2, -0.15) is 0 Å².